The molecule has 158 valence electrons. The van der Waals surface area contributed by atoms with Gasteiger partial charge in [0.25, 0.3) is 0 Å². The van der Waals surface area contributed by atoms with E-state index in [-0.39, 0.29) is 49.2 Å². The van der Waals surface area contributed by atoms with Gasteiger partial charge < -0.3 is 16.0 Å². The minimum Gasteiger partial charge on any atom is -0.352 e. The summed E-state index contributed by atoms with van der Waals surface area (Å²) in [6.45, 7) is 11.5. The van der Waals surface area contributed by atoms with Crippen molar-refractivity contribution in [2.45, 2.75) is 45.8 Å². The van der Waals surface area contributed by atoms with Crippen molar-refractivity contribution in [1.82, 2.24) is 15.1 Å². The molecule has 1 atom stereocenters. The Hall–Kier alpha value is -0.560. The molecule has 0 radical (unpaired) electrons. The number of carbonyl (C=O) groups excluding carboxylic acids is 1. The van der Waals surface area contributed by atoms with E-state index in [1.807, 2.05) is 6.92 Å². The second-order valence-electron chi connectivity index (χ2n) is 6.82. The van der Waals surface area contributed by atoms with Crippen LogP contribution >= 0.6 is 37.2 Å². The number of rotatable bonds is 8. The molecule has 2 rings (SSSR count). The van der Waals surface area contributed by atoms with Gasteiger partial charge in [0, 0.05) is 51.7 Å². The maximum Gasteiger partial charge on any atom is 0.220 e. The molecule has 0 bridgehead atoms. The van der Waals surface area contributed by atoms with E-state index in [9.17, 15) is 4.79 Å². The zero-order valence-corrected chi connectivity index (χ0v) is 18.8. The van der Waals surface area contributed by atoms with Crippen molar-refractivity contribution in [2.75, 3.05) is 32.7 Å². The fourth-order valence-electron chi connectivity index (χ4n) is 2.93. The maximum absolute atomic E-state index is 11.7. The Bertz CT molecular complexity index is 506. The lowest BCUT2D eigenvalue weighted by Crippen LogP contribution is -2.45. The number of piperazine rings is 1. The van der Waals surface area contributed by atoms with E-state index < -0.39 is 0 Å². The van der Waals surface area contributed by atoms with Gasteiger partial charge in [0.15, 0.2) is 0 Å². The standard InChI is InChI=1S/C19H32N4O.3ClH/c1-3-22-10-12-23(13-11-22)15-18-7-5-17(6-8-18)14-21-19(24)9-4-16(2)20;;;/h5-8,16H,3-4,9-15,20H2,1-2H3,(H,21,24);3*1H. The van der Waals surface area contributed by atoms with Gasteiger partial charge in [-0.25, -0.2) is 0 Å². The minimum atomic E-state index is 0. The van der Waals surface area contributed by atoms with Crippen LogP contribution in [0, 0.1) is 0 Å². The summed E-state index contributed by atoms with van der Waals surface area (Å²) in [6.07, 6.45) is 1.23. The molecule has 1 amide bonds. The van der Waals surface area contributed by atoms with Gasteiger partial charge >= 0.3 is 0 Å². The first-order valence-corrected chi connectivity index (χ1v) is 9.11. The molecule has 1 saturated heterocycles. The Morgan fingerprint density at radius 3 is 2.07 bits per heavy atom. The van der Waals surface area contributed by atoms with Crippen molar-refractivity contribution in [2.24, 2.45) is 5.73 Å². The summed E-state index contributed by atoms with van der Waals surface area (Å²) in [5, 5.41) is 2.96. The predicted octanol–water partition coefficient (Wildman–Crippen LogP) is 2.83. The van der Waals surface area contributed by atoms with Gasteiger partial charge in [0.1, 0.15) is 0 Å². The number of nitrogens with two attached hydrogens (primary N) is 1. The summed E-state index contributed by atoms with van der Waals surface area (Å²) in [4.78, 5) is 16.7. The van der Waals surface area contributed by atoms with Gasteiger partial charge in [0.2, 0.25) is 5.91 Å². The Balaban J connectivity index is 0. The Morgan fingerprint density at radius 1 is 1.04 bits per heavy atom. The van der Waals surface area contributed by atoms with E-state index in [0.29, 0.717) is 13.0 Å². The van der Waals surface area contributed by atoms with Crippen LogP contribution in [0.25, 0.3) is 0 Å². The van der Waals surface area contributed by atoms with Gasteiger partial charge in [0.05, 0.1) is 0 Å². The van der Waals surface area contributed by atoms with Crippen molar-refractivity contribution < 1.29 is 4.79 Å². The van der Waals surface area contributed by atoms with Gasteiger partial charge in [-0.2, -0.15) is 0 Å². The first-order valence-electron chi connectivity index (χ1n) is 9.11. The smallest absolute Gasteiger partial charge is 0.220 e. The molecule has 1 aromatic carbocycles. The molecule has 0 aliphatic carbocycles. The highest BCUT2D eigenvalue weighted by Crippen LogP contribution is 2.10. The third kappa shape index (κ3) is 11.1. The maximum atomic E-state index is 11.7. The molecule has 1 fully saturated rings. The lowest BCUT2D eigenvalue weighted by Gasteiger charge is -2.34. The molecule has 1 unspecified atom stereocenters. The highest BCUT2D eigenvalue weighted by Gasteiger charge is 2.15. The fraction of sp³-hybridized carbons (Fsp3) is 0.632. The lowest BCUT2D eigenvalue weighted by molar-refractivity contribution is -0.121. The number of carbonyl (C=O) groups is 1. The predicted molar refractivity (Wildman–Crippen MR) is 120 cm³/mol. The summed E-state index contributed by atoms with van der Waals surface area (Å²) in [5.74, 6) is 0.0742. The van der Waals surface area contributed by atoms with Crippen molar-refractivity contribution in [3.05, 3.63) is 35.4 Å². The van der Waals surface area contributed by atoms with E-state index in [4.69, 9.17) is 5.73 Å². The van der Waals surface area contributed by atoms with E-state index >= 15 is 0 Å². The average Bonchev–Trinajstić information content (AvgIpc) is 2.60. The molecule has 27 heavy (non-hydrogen) atoms. The monoisotopic (exact) mass is 440 g/mol. The Morgan fingerprint density at radius 2 is 1.56 bits per heavy atom. The average molecular weight is 442 g/mol. The number of nitrogens with zero attached hydrogens (tertiary/aromatic N) is 2. The molecule has 1 aromatic rings. The minimum absolute atomic E-state index is 0. The van der Waals surface area contributed by atoms with E-state index in [1.54, 1.807) is 0 Å². The second kappa shape index (κ2) is 15.4. The van der Waals surface area contributed by atoms with Crippen molar-refractivity contribution in [3.63, 3.8) is 0 Å². The molecule has 5 nitrogen and oxygen atoms in total. The van der Waals surface area contributed by atoms with Crippen molar-refractivity contribution in [1.29, 1.82) is 0 Å². The molecule has 8 heteroatoms. The van der Waals surface area contributed by atoms with Crippen LogP contribution in [0.1, 0.15) is 37.8 Å². The molecular formula is C19H35Cl3N4O. The molecule has 0 aromatic heterocycles. The number of amides is 1. The number of likely N-dealkylation sites (N-methyl/N-ethyl adjacent to an activating group) is 1. The molecule has 1 aliphatic heterocycles. The highest BCUT2D eigenvalue weighted by molar-refractivity contribution is 5.86. The van der Waals surface area contributed by atoms with Crippen LogP contribution in [0.4, 0.5) is 0 Å². The van der Waals surface area contributed by atoms with Crippen LogP contribution < -0.4 is 11.1 Å². The molecular weight excluding hydrogens is 407 g/mol. The fourth-order valence-corrected chi connectivity index (χ4v) is 2.93. The number of benzene rings is 1. The first kappa shape index (κ1) is 28.6. The molecule has 1 heterocycles. The summed E-state index contributed by atoms with van der Waals surface area (Å²) < 4.78 is 0. The third-order valence-corrected chi connectivity index (χ3v) is 4.66. The topological polar surface area (TPSA) is 61.6 Å². The van der Waals surface area contributed by atoms with Crippen molar-refractivity contribution >= 4 is 43.1 Å². The van der Waals surface area contributed by atoms with E-state index in [0.717, 1.165) is 38.2 Å². The third-order valence-electron chi connectivity index (χ3n) is 4.66. The number of halogens is 3. The van der Waals surface area contributed by atoms with Gasteiger partial charge in [-0.05, 0) is 31.0 Å². The number of hydrogen-bond donors (Lipinski definition) is 2. The summed E-state index contributed by atoms with van der Waals surface area (Å²) in [5.41, 5.74) is 8.15. The van der Waals surface area contributed by atoms with Crippen LogP contribution in [-0.4, -0.2) is 54.5 Å². The highest BCUT2D eigenvalue weighted by atomic mass is 35.5. The van der Waals surface area contributed by atoms with Gasteiger partial charge in [-0.1, -0.05) is 31.2 Å². The Labute approximate surface area is 182 Å². The molecule has 1 aliphatic rings. The van der Waals surface area contributed by atoms with Gasteiger partial charge in [-0.15, -0.1) is 37.2 Å². The van der Waals surface area contributed by atoms with Crippen LogP contribution in [0.15, 0.2) is 24.3 Å². The van der Waals surface area contributed by atoms with Crippen LogP contribution in [0.3, 0.4) is 0 Å². The van der Waals surface area contributed by atoms with E-state index in [1.165, 1.54) is 18.7 Å². The SMILES string of the molecule is CCN1CCN(Cc2ccc(CNC(=O)CCC(C)N)cc2)CC1.Cl.Cl.Cl. The van der Waals surface area contributed by atoms with E-state index in [2.05, 4.69) is 46.3 Å². The molecule has 0 spiro atoms. The molecule has 3 N–H and O–H groups in total. The molecule has 0 saturated carbocycles. The van der Waals surface area contributed by atoms with Crippen LogP contribution in [0.5, 0.6) is 0 Å². The van der Waals surface area contributed by atoms with Crippen LogP contribution in [0.2, 0.25) is 0 Å². The second-order valence-corrected chi connectivity index (χ2v) is 6.82. The normalized spacial score (nSPS) is 15.7. The summed E-state index contributed by atoms with van der Waals surface area (Å²) >= 11 is 0. The first-order chi connectivity index (χ1) is 11.6. The lowest BCUT2D eigenvalue weighted by atomic mass is 10.1. The quantitative estimate of drug-likeness (QED) is 0.651. The zero-order chi connectivity index (χ0) is 17.4. The summed E-state index contributed by atoms with van der Waals surface area (Å²) in [7, 11) is 0. The number of nitrogens with one attached hydrogen (secondary N) is 1. The summed E-state index contributed by atoms with van der Waals surface area (Å²) in [6, 6.07) is 8.66. The van der Waals surface area contributed by atoms with Crippen LogP contribution in [-0.2, 0) is 17.9 Å². The zero-order valence-electron chi connectivity index (χ0n) is 16.4. The van der Waals surface area contributed by atoms with Gasteiger partial charge in [-0.3, -0.25) is 9.69 Å². The Kier molecular flexibility index (Phi) is 16.3. The largest absolute Gasteiger partial charge is 0.352 e. The number of hydrogen-bond acceptors (Lipinski definition) is 4. The van der Waals surface area contributed by atoms with Crippen molar-refractivity contribution in [3.8, 4) is 0 Å².